The maximum atomic E-state index is 13.7. The number of nitrogens with zero attached hydrogens (tertiary/aromatic N) is 1. The summed E-state index contributed by atoms with van der Waals surface area (Å²) < 4.78 is 27.3. The Kier molecular flexibility index (Phi) is 5.56. The molecule has 0 atom stereocenters. The zero-order chi connectivity index (χ0) is 20.2. The maximum absolute atomic E-state index is 13.7. The Bertz CT molecular complexity index is 997. The molecule has 0 unspecified atom stereocenters. The summed E-state index contributed by atoms with van der Waals surface area (Å²) >= 11 is 0. The largest absolute Gasteiger partial charge is 0.367 e. The molecule has 3 aromatic carbocycles. The smallest absolute Gasteiger partial charge is 0.257 e. The van der Waals surface area contributed by atoms with Gasteiger partial charge in [-0.3, -0.25) is 4.79 Å². The van der Waals surface area contributed by atoms with Gasteiger partial charge in [0.1, 0.15) is 17.2 Å². The predicted octanol–water partition coefficient (Wildman–Crippen LogP) is 4.50. The van der Waals surface area contributed by atoms with Crippen LogP contribution in [0.5, 0.6) is 0 Å². The van der Waals surface area contributed by atoms with Crippen LogP contribution in [0.4, 0.5) is 14.5 Å². The summed E-state index contributed by atoms with van der Waals surface area (Å²) in [6.07, 6.45) is 1.63. The first kappa shape index (κ1) is 19.1. The number of amides is 1. The lowest BCUT2D eigenvalue weighted by Crippen LogP contribution is -2.30. The van der Waals surface area contributed by atoms with Crippen molar-refractivity contribution in [3.63, 3.8) is 0 Å². The molecular formula is C24H22F2N2O. The van der Waals surface area contributed by atoms with Gasteiger partial charge >= 0.3 is 0 Å². The van der Waals surface area contributed by atoms with E-state index >= 15 is 0 Å². The van der Waals surface area contributed by atoms with Gasteiger partial charge in [0.25, 0.3) is 5.91 Å². The van der Waals surface area contributed by atoms with Crippen LogP contribution in [-0.4, -0.2) is 19.0 Å². The predicted molar refractivity (Wildman–Crippen MR) is 110 cm³/mol. The van der Waals surface area contributed by atoms with Crippen LogP contribution in [0.1, 0.15) is 27.0 Å². The minimum absolute atomic E-state index is 0.309. The van der Waals surface area contributed by atoms with Gasteiger partial charge in [-0.05, 0) is 53.8 Å². The van der Waals surface area contributed by atoms with E-state index in [0.717, 1.165) is 37.2 Å². The molecule has 0 bridgehead atoms. The third kappa shape index (κ3) is 4.29. The van der Waals surface area contributed by atoms with Crippen LogP contribution >= 0.6 is 0 Å². The van der Waals surface area contributed by atoms with Gasteiger partial charge in [-0.1, -0.05) is 42.5 Å². The number of rotatable bonds is 5. The SMILES string of the molecule is O=C(NCCc1ccc(N2CCc3ccccc3C2)cc1)c1c(F)cccc1F. The van der Waals surface area contributed by atoms with Crippen LogP contribution in [0.25, 0.3) is 0 Å². The van der Waals surface area contributed by atoms with E-state index in [1.165, 1.54) is 22.9 Å². The highest BCUT2D eigenvalue weighted by atomic mass is 19.1. The van der Waals surface area contributed by atoms with Crippen molar-refractivity contribution < 1.29 is 13.6 Å². The minimum atomic E-state index is -0.852. The number of fused-ring (bicyclic) bond motifs is 1. The number of hydrogen-bond donors (Lipinski definition) is 1. The number of anilines is 1. The number of hydrogen-bond acceptors (Lipinski definition) is 2. The molecule has 3 aromatic rings. The summed E-state index contributed by atoms with van der Waals surface area (Å²) in [6, 6.07) is 20.2. The lowest BCUT2D eigenvalue weighted by atomic mass is 9.99. The van der Waals surface area contributed by atoms with Crippen molar-refractivity contribution in [2.45, 2.75) is 19.4 Å². The van der Waals surface area contributed by atoms with Crippen LogP contribution in [0.3, 0.4) is 0 Å². The number of halogens is 2. The molecule has 0 saturated heterocycles. The van der Waals surface area contributed by atoms with Crippen molar-refractivity contribution in [2.24, 2.45) is 0 Å². The first-order valence-corrected chi connectivity index (χ1v) is 9.75. The van der Waals surface area contributed by atoms with Crippen LogP contribution in [-0.2, 0) is 19.4 Å². The number of carbonyl (C=O) groups is 1. The van der Waals surface area contributed by atoms with E-state index in [-0.39, 0.29) is 0 Å². The van der Waals surface area contributed by atoms with Crippen molar-refractivity contribution in [3.8, 4) is 0 Å². The van der Waals surface area contributed by atoms with Crippen molar-refractivity contribution in [2.75, 3.05) is 18.0 Å². The third-order valence-corrected chi connectivity index (χ3v) is 5.32. The van der Waals surface area contributed by atoms with E-state index < -0.39 is 23.1 Å². The molecule has 0 saturated carbocycles. The third-order valence-electron chi connectivity index (χ3n) is 5.32. The normalized spacial score (nSPS) is 13.1. The van der Waals surface area contributed by atoms with Crippen LogP contribution in [0.15, 0.2) is 66.7 Å². The highest BCUT2D eigenvalue weighted by Gasteiger charge is 2.17. The minimum Gasteiger partial charge on any atom is -0.367 e. The molecule has 1 heterocycles. The molecule has 0 aromatic heterocycles. The van der Waals surface area contributed by atoms with Crippen LogP contribution in [0, 0.1) is 11.6 Å². The monoisotopic (exact) mass is 392 g/mol. The molecule has 148 valence electrons. The lowest BCUT2D eigenvalue weighted by Gasteiger charge is -2.30. The molecule has 4 rings (SSSR count). The molecule has 1 aliphatic rings. The molecule has 29 heavy (non-hydrogen) atoms. The Balaban J connectivity index is 1.33. The molecule has 1 N–H and O–H groups in total. The summed E-state index contributed by atoms with van der Waals surface area (Å²) in [5.41, 5.74) is 4.47. The summed E-state index contributed by atoms with van der Waals surface area (Å²) in [7, 11) is 0. The Morgan fingerprint density at radius 1 is 0.897 bits per heavy atom. The van der Waals surface area contributed by atoms with E-state index in [1.54, 1.807) is 0 Å². The number of nitrogens with one attached hydrogen (secondary N) is 1. The van der Waals surface area contributed by atoms with Gasteiger partial charge in [-0.25, -0.2) is 8.78 Å². The van der Waals surface area contributed by atoms with E-state index in [1.807, 2.05) is 12.1 Å². The first-order chi connectivity index (χ1) is 14.1. The van der Waals surface area contributed by atoms with Gasteiger partial charge in [0.2, 0.25) is 0 Å². The molecular weight excluding hydrogens is 370 g/mol. The molecule has 0 radical (unpaired) electrons. The average Bonchev–Trinajstić information content (AvgIpc) is 2.74. The van der Waals surface area contributed by atoms with E-state index in [4.69, 9.17) is 0 Å². The standard InChI is InChI=1S/C24H22F2N2O/c25-21-6-3-7-22(26)23(21)24(29)27-14-12-17-8-10-20(11-9-17)28-15-13-18-4-1-2-5-19(18)16-28/h1-11H,12-16H2,(H,27,29). The van der Waals surface area contributed by atoms with E-state index in [2.05, 4.69) is 46.6 Å². The molecule has 1 aliphatic heterocycles. The fraction of sp³-hybridized carbons (Fsp3) is 0.208. The van der Waals surface area contributed by atoms with Gasteiger partial charge in [-0.15, -0.1) is 0 Å². The second-order valence-corrected chi connectivity index (χ2v) is 7.21. The summed E-state index contributed by atoms with van der Waals surface area (Å²) in [5.74, 6) is -2.44. The second kappa shape index (κ2) is 8.43. The molecule has 3 nitrogen and oxygen atoms in total. The zero-order valence-corrected chi connectivity index (χ0v) is 16.0. The Labute approximate surface area is 169 Å². The molecule has 0 fully saturated rings. The Morgan fingerprint density at radius 3 is 2.31 bits per heavy atom. The topological polar surface area (TPSA) is 32.3 Å². The van der Waals surface area contributed by atoms with E-state index in [0.29, 0.717) is 13.0 Å². The van der Waals surface area contributed by atoms with Gasteiger partial charge in [0.05, 0.1) is 0 Å². The Hall–Kier alpha value is -3.21. The lowest BCUT2D eigenvalue weighted by molar-refractivity contribution is 0.0945. The fourth-order valence-electron chi connectivity index (χ4n) is 3.71. The summed E-state index contributed by atoms with van der Waals surface area (Å²) in [6.45, 7) is 2.20. The molecule has 0 spiro atoms. The highest BCUT2D eigenvalue weighted by molar-refractivity contribution is 5.94. The van der Waals surface area contributed by atoms with Crippen LogP contribution < -0.4 is 10.2 Å². The first-order valence-electron chi connectivity index (χ1n) is 9.75. The van der Waals surface area contributed by atoms with Crippen molar-refractivity contribution in [1.82, 2.24) is 5.32 Å². The number of benzene rings is 3. The van der Waals surface area contributed by atoms with Gasteiger partial charge < -0.3 is 10.2 Å². The maximum Gasteiger partial charge on any atom is 0.257 e. The molecule has 0 aliphatic carbocycles. The summed E-state index contributed by atoms with van der Waals surface area (Å²) in [4.78, 5) is 14.4. The van der Waals surface area contributed by atoms with Gasteiger partial charge in [-0.2, -0.15) is 0 Å². The molecule has 5 heteroatoms. The summed E-state index contributed by atoms with van der Waals surface area (Å²) in [5, 5.41) is 2.59. The second-order valence-electron chi connectivity index (χ2n) is 7.21. The van der Waals surface area contributed by atoms with Gasteiger partial charge in [0, 0.05) is 25.3 Å². The Morgan fingerprint density at radius 2 is 1.59 bits per heavy atom. The van der Waals surface area contributed by atoms with E-state index in [9.17, 15) is 13.6 Å². The van der Waals surface area contributed by atoms with Crippen LogP contribution in [0.2, 0.25) is 0 Å². The molecule has 1 amide bonds. The van der Waals surface area contributed by atoms with Crippen molar-refractivity contribution >= 4 is 11.6 Å². The number of carbonyl (C=O) groups excluding carboxylic acids is 1. The fourth-order valence-corrected chi connectivity index (χ4v) is 3.71. The zero-order valence-electron chi connectivity index (χ0n) is 16.0. The van der Waals surface area contributed by atoms with Gasteiger partial charge in [0.15, 0.2) is 0 Å². The van der Waals surface area contributed by atoms with Crippen molar-refractivity contribution in [1.29, 1.82) is 0 Å². The average molecular weight is 392 g/mol. The van der Waals surface area contributed by atoms with Crippen molar-refractivity contribution in [3.05, 3.63) is 101 Å². The quantitative estimate of drug-likeness (QED) is 0.693. The highest BCUT2D eigenvalue weighted by Crippen LogP contribution is 2.24.